The number of rotatable bonds is 5. The van der Waals surface area contributed by atoms with Gasteiger partial charge < -0.3 is 5.32 Å². The lowest BCUT2D eigenvalue weighted by atomic mass is 10.1. The van der Waals surface area contributed by atoms with Gasteiger partial charge in [0, 0.05) is 29.5 Å². The molecule has 0 saturated heterocycles. The molecule has 130 valence electrons. The molecule has 0 amide bonds. The summed E-state index contributed by atoms with van der Waals surface area (Å²) >= 11 is 0. The predicted molar refractivity (Wildman–Crippen MR) is 95.1 cm³/mol. The third kappa shape index (κ3) is 4.00. The molecular formula is C21H14F3NO. The Balaban J connectivity index is 2.03. The molecule has 0 atom stereocenters. The van der Waals surface area contributed by atoms with Crippen molar-refractivity contribution in [1.29, 1.82) is 0 Å². The number of carbonyl (C=O) groups is 1. The van der Waals surface area contributed by atoms with Crippen molar-refractivity contribution in [3.63, 3.8) is 0 Å². The van der Waals surface area contributed by atoms with Gasteiger partial charge in [-0.1, -0.05) is 60.7 Å². The minimum absolute atomic E-state index is 0.198. The van der Waals surface area contributed by atoms with Gasteiger partial charge >= 0.3 is 0 Å². The summed E-state index contributed by atoms with van der Waals surface area (Å²) in [6, 6.07) is 18.3. The lowest BCUT2D eigenvalue weighted by Gasteiger charge is -2.13. The number of benzene rings is 3. The van der Waals surface area contributed by atoms with Crippen molar-refractivity contribution >= 4 is 17.2 Å². The van der Waals surface area contributed by atoms with Crippen LogP contribution >= 0.6 is 0 Å². The molecule has 0 saturated carbocycles. The van der Waals surface area contributed by atoms with Crippen LogP contribution in [0.1, 0.15) is 15.9 Å². The second-order valence-electron chi connectivity index (χ2n) is 5.52. The van der Waals surface area contributed by atoms with Crippen molar-refractivity contribution in [1.82, 2.24) is 0 Å². The molecule has 0 heterocycles. The van der Waals surface area contributed by atoms with E-state index in [4.69, 9.17) is 0 Å². The maximum atomic E-state index is 14.0. The highest BCUT2D eigenvalue weighted by atomic mass is 19.1. The number of ketones is 1. The Morgan fingerprint density at radius 3 is 1.81 bits per heavy atom. The van der Waals surface area contributed by atoms with E-state index < -0.39 is 23.1 Å². The van der Waals surface area contributed by atoms with Crippen molar-refractivity contribution in [3.8, 4) is 0 Å². The molecule has 0 fully saturated rings. The molecule has 0 aliphatic rings. The molecule has 0 aromatic heterocycles. The van der Waals surface area contributed by atoms with Crippen molar-refractivity contribution in [2.75, 3.05) is 5.32 Å². The van der Waals surface area contributed by atoms with Crippen LogP contribution in [0.3, 0.4) is 0 Å². The van der Waals surface area contributed by atoms with Gasteiger partial charge in [0.05, 0.1) is 0 Å². The fraction of sp³-hybridized carbons (Fsp3) is 0. The van der Waals surface area contributed by atoms with Gasteiger partial charge in [0.2, 0.25) is 0 Å². The summed E-state index contributed by atoms with van der Waals surface area (Å²) in [5, 5.41) is 2.58. The van der Waals surface area contributed by atoms with Crippen LogP contribution in [0.2, 0.25) is 0 Å². The average Bonchev–Trinajstić information content (AvgIpc) is 2.65. The Bertz CT molecular complexity index is 931. The average molecular weight is 353 g/mol. The second-order valence-corrected chi connectivity index (χ2v) is 5.52. The minimum Gasteiger partial charge on any atom is -0.350 e. The topological polar surface area (TPSA) is 29.1 Å². The Morgan fingerprint density at radius 2 is 1.27 bits per heavy atom. The Hall–Kier alpha value is -3.34. The first-order chi connectivity index (χ1) is 12.5. The number of anilines is 1. The molecule has 0 radical (unpaired) electrons. The molecule has 1 N–H and O–H groups in total. The zero-order valence-corrected chi connectivity index (χ0v) is 13.5. The lowest BCUT2D eigenvalue weighted by Crippen LogP contribution is -2.07. The number of hydrogen-bond acceptors (Lipinski definition) is 2. The van der Waals surface area contributed by atoms with Gasteiger partial charge in [0.25, 0.3) is 0 Å². The van der Waals surface area contributed by atoms with E-state index in [2.05, 4.69) is 5.32 Å². The SMILES string of the molecule is O=C(C=C(Nc1c(F)cc(F)cc1F)c1ccccc1)c1ccccc1. The van der Waals surface area contributed by atoms with Crippen LogP contribution in [0, 0.1) is 17.5 Å². The zero-order chi connectivity index (χ0) is 18.5. The fourth-order valence-corrected chi connectivity index (χ4v) is 2.42. The second kappa shape index (κ2) is 7.70. The molecular weight excluding hydrogens is 339 g/mol. The lowest BCUT2D eigenvalue weighted by molar-refractivity contribution is 0.104. The maximum Gasteiger partial charge on any atom is 0.187 e. The van der Waals surface area contributed by atoms with E-state index in [1.54, 1.807) is 60.7 Å². The van der Waals surface area contributed by atoms with Gasteiger partial charge in [0.1, 0.15) is 11.5 Å². The molecule has 0 bridgehead atoms. The van der Waals surface area contributed by atoms with Crippen molar-refractivity contribution in [3.05, 3.63) is 107 Å². The monoisotopic (exact) mass is 353 g/mol. The Kier molecular flexibility index (Phi) is 5.17. The number of nitrogens with one attached hydrogen (secondary N) is 1. The smallest absolute Gasteiger partial charge is 0.187 e. The molecule has 2 nitrogen and oxygen atoms in total. The van der Waals surface area contributed by atoms with Gasteiger partial charge in [-0.25, -0.2) is 13.2 Å². The first-order valence-corrected chi connectivity index (χ1v) is 7.82. The van der Waals surface area contributed by atoms with Crippen molar-refractivity contribution in [2.24, 2.45) is 0 Å². The molecule has 0 unspecified atom stereocenters. The van der Waals surface area contributed by atoms with Crippen LogP contribution in [0.25, 0.3) is 5.70 Å². The normalized spacial score (nSPS) is 11.3. The van der Waals surface area contributed by atoms with E-state index in [1.165, 1.54) is 6.08 Å². The van der Waals surface area contributed by atoms with E-state index in [1.807, 2.05) is 0 Å². The quantitative estimate of drug-likeness (QED) is 0.489. The van der Waals surface area contributed by atoms with Crippen molar-refractivity contribution in [2.45, 2.75) is 0 Å². The molecule has 5 heteroatoms. The third-order valence-electron chi connectivity index (χ3n) is 3.69. The predicted octanol–water partition coefficient (Wildman–Crippen LogP) is 5.44. The first kappa shape index (κ1) is 17.5. The van der Waals surface area contributed by atoms with E-state index in [0.717, 1.165) is 0 Å². The third-order valence-corrected chi connectivity index (χ3v) is 3.69. The standard InChI is InChI=1S/C21H14F3NO/c22-16-11-17(23)21(18(24)12-16)25-19(14-7-3-1-4-8-14)13-20(26)15-9-5-2-6-10-15/h1-13,25H. The highest BCUT2D eigenvalue weighted by molar-refractivity contribution is 6.09. The molecule has 3 aromatic rings. The van der Waals surface area contributed by atoms with E-state index in [-0.39, 0.29) is 11.5 Å². The van der Waals surface area contributed by atoms with Gasteiger partial charge in [0.15, 0.2) is 17.4 Å². The van der Waals surface area contributed by atoms with Crippen LogP contribution < -0.4 is 5.32 Å². The summed E-state index contributed by atoms with van der Waals surface area (Å²) in [7, 11) is 0. The Labute approximate surface area is 148 Å². The molecule has 0 aliphatic heterocycles. The highest BCUT2D eigenvalue weighted by Crippen LogP contribution is 2.25. The van der Waals surface area contributed by atoms with E-state index >= 15 is 0 Å². The molecule has 26 heavy (non-hydrogen) atoms. The first-order valence-electron chi connectivity index (χ1n) is 7.82. The van der Waals surface area contributed by atoms with E-state index in [0.29, 0.717) is 23.3 Å². The highest BCUT2D eigenvalue weighted by Gasteiger charge is 2.15. The summed E-state index contributed by atoms with van der Waals surface area (Å²) in [6.07, 6.45) is 1.26. The van der Waals surface area contributed by atoms with Crippen LogP contribution in [-0.2, 0) is 0 Å². The summed E-state index contributed by atoms with van der Waals surface area (Å²) < 4.78 is 41.1. The molecule has 3 aromatic carbocycles. The number of allylic oxidation sites excluding steroid dienone is 1. The largest absolute Gasteiger partial charge is 0.350 e. The van der Waals surface area contributed by atoms with E-state index in [9.17, 15) is 18.0 Å². The fourth-order valence-electron chi connectivity index (χ4n) is 2.42. The van der Waals surface area contributed by atoms with Crippen molar-refractivity contribution < 1.29 is 18.0 Å². The number of carbonyl (C=O) groups excluding carboxylic acids is 1. The van der Waals surface area contributed by atoms with Crippen LogP contribution in [0.5, 0.6) is 0 Å². The Morgan fingerprint density at radius 1 is 0.769 bits per heavy atom. The maximum absolute atomic E-state index is 14.0. The van der Waals surface area contributed by atoms with Crippen LogP contribution in [0.15, 0.2) is 78.9 Å². The number of halogens is 3. The summed E-state index contributed by atoms with van der Waals surface area (Å²) in [5.41, 5.74) is 0.661. The van der Waals surface area contributed by atoms with Gasteiger partial charge in [-0.15, -0.1) is 0 Å². The van der Waals surface area contributed by atoms with Crippen LogP contribution in [-0.4, -0.2) is 5.78 Å². The van der Waals surface area contributed by atoms with Gasteiger partial charge in [-0.05, 0) is 5.56 Å². The zero-order valence-electron chi connectivity index (χ0n) is 13.5. The summed E-state index contributed by atoms with van der Waals surface area (Å²) in [6.45, 7) is 0. The molecule has 3 rings (SSSR count). The van der Waals surface area contributed by atoms with Gasteiger partial charge in [-0.3, -0.25) is 4.79 Å². The molecule has 0 spiro atoms. The minimum atomic E-state index is -1.09. The number of hydrogen-bond donors (Lipinski definition) is 1. The van der Waals surface area contributed by atoms with Crippen LogP contribution in [0.4, 0.5) is 18.9 Å². The molecule has 0 aliphatic carbocycles. The summed E-state index contributed by atoms with van der Waals surface area (Å²) in [5.74, 6) is -3.52. The summed E-state index contributed by atoms with van der Waals surface area (Å²) in [4.78, 5) is 12.5. The van der Waals surface area contributed by atoms with Gasteiger partial charge in [-0.2, -0.15) is 0 Å².